The highest BCUT2D eigenvalue weighted by Crippen LogP contribution is 2.37. The molecule has 1 saturated carbocycles. The lowest BCUT2D eigenvalue weighted by Gasteiger charge is -2.31. The van der Waals surface area contributed by atoms with Crippen molar-refractivity contribution in [2.45, 2.75) is 51.1 Å². The van der Waals surface area contributed by atoms with Gasteiger partial charge in [0.1, 0.15) is 0 Å². The Morgan fingerprint density at radius 3 is 2.81 bits per heavy atom. The molecule has 3 unspecified atom stereocenters. The fraction of sp³-hybridized carbons (Fsp3) is 0.917. The smallest absolute Gasteiger partial charge is 0.227 e. The first kappa shape index (κ1) is 11.9. The van der Waals surface area contributed by atoms with E-state index in [4.69, 9.17) is 10.5 Å². The van der Waals surface area contributed by atoms with Gasteiger partial charge in [-0.1, -0.05) is 6.42 Å². The summed E-state index contributed by atoms with van der Waals surface area (Å²) in [6, 6.07) is 0.197. The van der Waals surface area contributed by atoms with Crippen LogP contribution in [0.4, 0.5) is 0 Å². The molecule has 0 aromatic heterocycles. The van der Waals surface area contributed by atoms with Crippen LogP contribution < -0.4 is 11.1 Å². The predicted molar refractivity (Wildman–Crippen MR) is 61.9 cm³/mol. The number of nitrogens with two attached hydrogens (primary N) is 1. The van der Waals surface area contributed by atoms with E-state index < -0.39 is 0 Å². The molecule has 0 aromatic rings. The molecule has 0 radical (unpaired) electrons. The van der Waals surface area contributed by atoms with Gasteiger partial charge in [-0.2, -0.15) is 0 Å². The Kier molecular flexibility index (Phi) is 3.50. The fourth-order valence-corrected chi connectivity index (χ4v) is 2.68. The molecule has 1 aliphatic carbocycles. The molecule has 1 amide bonds. The quantitative estimate of drug-likeness (QED) is 0.732. The second kappa shape index (κ2) is 4.72. The minimum atomic E-state index is -0.364. The first-order valence-electron chi connectivity index (χ1n) is 6.27. The summed E-state index contributed by atoms with van der Waals surface area (Å²) < 4.78 is 5.36. The van der Waals surface area contributed by atoms with Gasteiger partial charge in [-0.05, 0) is 32.6 Å². The molecule has 0 bridgehead atoms. The highest BCUT2D eigenvalue weighted by atomic mass is 16.5. The van der Waals surface area contributed by atoms with E-state index in [1.54, 1.807) is 0 Å². The lowest BCUT2D eigenvalue weighted by Crippen LogP contribution is -2.51. The third kappa shape index (κ3) is 2.23. The molecule has 4 nitrogen and oxygen atoms in total. The average Bonchev–Trinajstić information content (AvgIpc) is 2.62. The number of nitrogens with one attached hydrogen (secondary N) is 1. The van der Waals surface area contributed by atoms with Crippen LogP contribution in [0.5, 0.6) is 0 Å². The van der Waals surface area contributed by atoms with Crippen molar-refractivity contribution < 1.29 is 9.53 Å². The van der Waals surface area contributed by atoms with Crippen molar-refractivity contribution in [3.8, 4) is 0 Å². The van der Waals surface area contributed by atoms with E-state index >= 15 is 0 Å². The summed E-state index contributed by atoms with van der Waals surface area (Å²) in [5, 5.41) is 3.09. The van der Waals surface area contributed by atoms with E-state index in [0.717, 1.165) is 38.7 Å². The largest absolute Gasteiger partial charge is 0.379 e. The molecule has 1 heterocycles. The molecule has 0 aromatic carbocycles. The summed E-state index contributed by atoms with van der Waals surface area (Å²) in [7, 11) is 0. The summed E-state index contributed by atoms with van der Waals surface area (Å²) in [6.45, 7) is 3.46. The number of rotatable bonds is 2. The highest BCUT2D eigenvalue weighted by Gasteiger charge is 2.43. The Balaban J connectivity index is 1.91. The number of hydrogen-bond acceptors (Lipinski definition) is 3. The maximum atomic E-state index is 12.2. The molecule has 1 saturated heterocycles. The van der Waals surface area contributed by atoms with Gasteiger partial charge < -0.3 is 15.8 Å². The highest BCUT2D eigenvalue weighted by molar-refractivity contribution is 5.83. The van der Waals surface area contributed by atoms with Crippen molar-refractivity contribution in [1.82, 2.24) is 5.32 Å². The van der Waals surface area contributed by atoms with Gasteiger partial charge in [-0.25, -0.2) is 0 Å². The average molecular weight is 226 g/mol. The SMILES string of the molecule is CC1(C(=O)NC2CCCOC2)CCCC1N. The van der Waals surface area contributed by atoms with E-state index in [1.807, 2.05) is 6.92 Å². The molecular formula is C12H22N2O2. The van der Waals surface area contributed by atoms with Crippen LogP contribution in [-0.4, -0.2) is 31.2 Å². The molecule has 2 rings (SSSR count). The monoisotopic (exact) mass is 226 g/mol. The summed E-state index contributed by atoms with van der Waals surface area (Å²) in [5.74, 6) is 0.119. The van der Waals surface area contributed by atoms with Crippen molar-refractivity contribution in [2.24, 2.45) is 11.1 Å². The molecule has 3 atom stereocenters. The predicted octanol–water partition coefficient (Wildman–Crippen LogP) is 0.799. The Morgan fingerprint density at radius 1 is 1.44 bits per heavy atom. The van der Waals surface area contributed by atoms with Crippen LogP contribution in [0.15, 0.2) is 0 Å². The molecule has 0 spiro atoms. The van der Waals surface area contributed by atoms with Gasteiger partial charge >= 0.3 is 0 Å². The number of carbonyl (C=O) groups excluding carboxylic acids is 1. The van der Waals surface area contributed by atoms with Crippen LogP contribution in [0.1, 0.15) is 39.0 Å². The summed E-state index contributed by atoms with van der Waals surface area (Å²) in [6.07, 6.45) is 5.00. The molecular weight excluding hydrogens is 204 g/mol. The minimum Gasteiger partial charge on any atom is -0.379 e. The summed E-state index contributed by atoms with van der Waals surface area (Å²) >= 11 is 0. The zero-order valence-corrected chi connectivity index (χ0v) is 10.00. The Hall–Kier alpha value is -0.610. The van der Waals surface area contributed by atoms with Gasteiger partial charge in [0.25, 0.3) is 0 Å². The van der Waals surface area contributed by atoms with Crippen molar-refractivity contribution in [3.05, 3.63) is 0 Å². The van der Waals surface area contributed by atoms with Gasteiger partial charge in [-0.3, -0.25) is 4.79 Å². The van der Waals surface area contributed by atoms with Gasteiger partial charge in [-0.15, -0.1) is 0 Å². The van der Waals surface area contributed by atoms with Crippen LogP contribution >= 0.6 is 0 Å². The second-order valence-electron chi connectivity index (χ2n) is 5.30. The van der Waals surface area contributed by atoms with Gasteiger partial charge in [0.15, 0.2) is 0 Å². The summed E-state index contributed by atoms with van der Waals surface area (Å²) in [5.41, 5.74) is 5.66. The van der Waals surface area contributed by atoms with Crippen molar-refractivity contribution in [2.75, 3.05) is 13.2 Å². The summed E-state index contributed by atoms with van der Waals surface area (Å²) in [4.78, 5) is 12.2. The van der Waals surface area contributed by atoms with Crippen LogP contribution in [-0.2, 0) is 9.53 Å². The standard InChI is InChI=1S/C12H22N2O2/c1-12(6-2-5-10(12)13)11(15)14-9-4-3-7-16-8-9/h9-10H,2-8,13H2,1H3,(H,14,15). The molecule has 16 heavy (non-hydrogen) atoms. The van der Waals surface area contributed by atoms with E-state index in [-0.39, 0.29) is 23.4 Å². The lowest BCUT2D eigenvalue weighted by atomic mass is 9.84. The maximum Gasteiger partial charge on any atom is 0.227 e. The molecule has 1 aliphatic heterocycles. The van der Waals surface area contributed by atoms with E-state index in [2.05, 4.69) is 5.32 Å². The Bertz CT molecular complexity index is 264. The molecule has 92 valence electrons. The van der Waals surface area contributed by atoms with Crippen LogP contribution in [0.3, 0.4) is 0 Å². The first-order valence-corrected chi connectivity index (χ1v) is 6.27. The van der Waals surface area contributed by atoms with Gasteiger partial charge in [0.05, 0.1) is 18.1 Å². The third-order valence-corrected chi connectivity index (χ3v) is 4.04. The number of amides is 1. The third-order valence-electron chi connectivity index (χ3n) is 4.04. The number of carbonyl (C=O) groups is 1. The van der Waals surface area contributed by atoms with Crippen LogP contribution in [0.2, 0.25) is 0 Å². The fourth-order valence-electron chi connectivity index (χ4n) is 2.68. The van der Waals surface area contributed by atoms with Crippen molar-refractivity contribution in [3.63, 3.8) is 0 Å². The zero-order chi connectivity index (χ0) is 11.6. The van der Waals surface area contributed by atoms with Gasteiger partial charge in [0, 0.05) is 12.6 Å². The second-order valence-corrected chi connectivity index (χ2v) is 5.30. The lowest BCUT2D eigenvalue weighted by molar-refractivity contribution is -0.132. The normalized spacial score (nSPS) is 39.6. The van der Waals surface area contributed by atoms with E-state index in [0.29, 0.717) is 6.61 Å². The first-order chi connectivity index (χ1) is 7.63. The van der Waals surface area contributed by atoms with Crippen LogP contribution in [0.25, 0.3) is 0 Å². The van der Waals surface area contributed by atoms with E-state index in [1.165, 1.54) is 0 Å². The molecule has 3 N–H and O–H groups in total. The zero-order valence-electron chi connectivity index (χ0n) is 10.00. The minimum absolute atomic E-state index is 0.0111. The molecule has 2 fully saturated rings. The van der Waals surface area contributed by atoms with Gasteiger partial charge in [0.2, 0.25) is 5.91 Å². The van der Waals surface area contributed by atoms with Crippen molar-refractivity contribution in [1.29, 1.82) is 0 Å². The van der Waals surface area contributed by atoms with E-state index in [9.17, 15) is 4.79 Å². The molecule has 2 aliphatic rings. The maximum absolute atomic E-state index is 12.2. The molecule has 4 heteroatoms. The number of hydrogen-bond donors (Lipinski definition) is 2. The Labute approximate surface area is 96.9 Å². The Morgan fingerprint density at radius 2 is 2.25 bits per heavy atom. The van der Waals surface area contributed by atoms with Crippen LogP contribution in [0, 0.1) is 5.41 Å². The topological polar surface area (TPSA) is 64.3 Å². The van der Waals surface area contributed by atoms with Crippen molar-refractivity contribution >= 4 is 5.91 Å². The number of ether oxygens (including phenoxy) is 1.